The topological polar surface area (TPSA) is 29.9 Å². The summed E-state index contributed by atoms with van der Waals surface area (Å²) in [6.07, 6.45) is 5.08. The first-order chi connectivity index (χ1) is 8.31. The Labute approximate surface area is 102 Å². The van der Waals surface area contributed by atoms with Crippen molar-refractivity contribution in [1.29, 1.82) is 0 Å². The molecule has 0 fully saturated rings. The Hall–Kier alpha value is -1.77. The number of hydrogen-bond donors (Lipinski definition) is 1. The van der Waals surface area contributed by atoms with E-state index in [1.807, 2.05) is 10.9 Å². The second-order valence-corrected chi connectivity index (χ2v) is 4.11. The lowest BCUT2D eigenvalue weighted by Gasteiger charge is -2.05. The van der Waals surface area contributed by atoms with Gasteiger partial charge in [0.1, 0.15) is 0 Å². The Kier molecular flexibility index (Phi) is 3.81. The third kappa shape index (κ3) is 3.09. The van der Waals surface area contributed by atoms with Gasteiger partial charge in [-0.3, -0.25) is 4.68 Å². The first kappa shape index (κ1) is 11.7. The maximum Gasteiger partial charge on any atom is 0.0539 e. The van der Waals surface area contributed by atoms with E-state index < -0.39 is 0 Å². The standard InChI is InChI=1S/C14H19N3/c1-3-12-5-7-14(8-6-12)15-9-13-10-16-17(4-2)11-13/h5-8,10-11,15H,3-4,9H2,1-2H3. The van der Waals surface area contributed by atoms with Crippen LogP contribution >= 0.6 is 0 Å². The fraction of sp³-hybridized carbons (Fsp3) is 0.357. The molecule has 0 saturated carbocycles. The zero-order valence-electron chi connectivity index (χ0n) is 10.5. The lowest BCUT2D eigenvalue weighted by Crippen LogP contribution is -1.98. The van der Waals surface area contributed by atoms with E-state index in [9.17, 15) is 0 Å². The van der Waals surface area contributed by atoms with Crippen LogP contribution < -0.4 is 5.32 Å². The average molecular weight is 229 g/mol. The third-order valence-corrected chi connectivity index (χ3v) is 2.87. The van der Waals surface area contributed by atoms with Crippen molar-refractivity contribution in [3.63, 3.8) is 0 Å². The molecule has 2 rings (SSSR count). The van der Waals surface area contributed by atoms with E-state index in [1.54, 1.807) is 0 Å². The van der Waals surface area contributed by atoms with Crippen molar-refractivity contribution in [2.45, 2.75) is 33.4 Å². The molecule has 3 heteroatoms. The summed E-state index contributed by atoms with van der Waals surface area (Å²) in [7, 11) is 0. The van der Waals surface area contributed by atoms with Crippen LogP contribution in [0.25, 0.3) is 0 Å². The van der Waals surface area contributed by atoms with Gasteiger partial charge in [0.25, 0.3) is 0 Å². The van der Waals surface area contributed by atoms with Crippen LogP contribution in [0.4, 0.5) is 5.69 Å². The van der Waals surface area contributed by atoms with Crippen LogP contribution in [0.5, 0.6) is 0 Å². The van der Waals surface area contributed by atoms with Gasteiger partial charge < -0.3 is 5.32 Å². The molecule has 1 heterocycles. The van der Waals surface area contributed by atoms with Gasteiger partial charge in [-0.2, -0.15) is 5.10 Å². The van der Waals surface area contributed by atoms with Crippen molar-refractivity contribution >= 4 is 5.69 Å². The van der Waals surface area contributed by atoms with Crippen molar-refractivity contribution < 1.29 is 0 Å². The van der Waals surface area contributed by atoms with Gasteiger partial charge in [0.15, 0.2) is 0 Å². The smallest absolute Gasteiger partial charge is 0.0539 e. The van der Waals surface area contributed by atoms with E-state index >= 15 is 0 Å². The van der Waals surface area contributed by atoms with Gasteiger partial charge in [-0.1, -0.05) is 19.1 Å². The molecule has 1 N–H and O–H groups in total. The normalized spacial score (nSPS) is 10.5. The predicted octanol–water partition coefficient (Wildman–Crippen LogP) is 3.08. The molecule has 0 bridgehead atoms. The van der Waals surface area contributed by atoms with E-state index in [2.05, 4.69) is 54.7 Å². The number of rotatable bonds is 5. The van der Waals surface area contributed by atoms with Crippen LogP contribution in [-0.4, -0.2) is 9.78 Å². The molecule has 1 aromatic heterocycles. The molecule has 0 amide bonds. The first-order valence-corrected chi connectivity index (χ1v) is 6.16. The molecule has 0 aliphatic heterocycles. The molecule has 0 saturated heterocycles. The van der Waals surface area contributed by atoms with Gasteiger partial charge in [-0.25, -0.2) is 0 Å². The Morgan fingerprint density at radius 3 is 2.47 bits per heavy atom. The van der Waals surface area contributed by atoms with Crippen molar-refractivity contribution in [3.8, 4) is 0 Å². The summed E-state index contributed by atoms with van der Waals surface area (Å²) in [4.78, 5) is 0. The van der Waals surface area contributed by atoms with Gasteiger partial charge in [-0.15, -0.1) is 0 Å². The van der Waals surface area contributed by atoms with Crippen molar-refractivity contribution in [1.82, 2.24) is 9.78 Å². The highest BCUT2D eigenvalue weighted by molar-refractivity contribution is 5.44. The fourth-order valence-corrected chi connectivity index (χ4v) is 1.73. The average Bonchev–Trinajstić information content (AvgIpc) is 2.85. The minimum absolute atomic E-state index is 0.825. The highest BCUT2D eigenvalue weighted by Crippen LogP contribution is 2.11. The third-order valence-electron chi connectivity index (χ3n) is 2.87. The Bertz CT molecular complexity index is 457. The minimum atomic E-state index is 0.825. The first-order valence-electron chi connectivity index (χ1n) is 6.16. The van der Waals surface area contributed by atoms with E-state index in [0.717, 1.165) is 25.2 Å². The molecular formula is C14H19N3. The van der Waals surface area contributed by atoms with Crippen LogP contribution in [0.3, 0.4) is 0 Å². The van der Waals surface area contributed by atoms with Crippen molar-refractivity contribution in [2.75, 3.05) is 5.32 Å². The summed E-state index contributed by atoms with van der Waals surface area (Å²) >= 11 is 0. The second-order valence-electron chi connectivity index (χ2n) is 4.11. The number of benzene rings is 1. The van der Waals surface area contributed by atoms with E-state index in [0.29, 0.717) is 0 Å². The van der Waals surface area contributed by atoms with Gasteiger partial charge in [-0.05, 0) is 31.0 Å². The molecule has 0 atom stereocenters. The molecule has 2 aromatic rings. The summed E-state index contributed by atoms with van der Waals surface area (Å²) < 4.78 is 1.94. The zero-order chi connectivity index (χ0) is 12.1. The summed E-state index contributed by atoms with van der Waals surface area (Å²) in [5, 5.41) is 7.65. The number of aromatic nitrogens is 2. The van der Waals surface area contributed by atoms with Gasteiger partial charge in [0.05, 0.1) is 6.20 Å². The fourth-order valence-electron chi connectivity index (χ4n) is 1.73. The zero-order valence-corrected chi connectivity index (χ0v) is 10.5. The largest absolute Gasteiger partial charge is 0.381 e. The number of nitrogens with zero attached hydrogens (tertiary/aromatic N) is 2. The highest BCUT2D eigenvalue weighted by Gasteiger charge is 1.97. The maximum absolute atomic E-state index is 4.25. The van der Waals surface area contributed by atoms with E-state index in [4.69, 9.17) is 0 Å². The number of aryl methyl sites for hydroxylation is 2. The molecule has 0 unspecified atom stereocenters. The predicted molar refractivity (Wildman–Crippen MR) is 71.0 cm³/mol. The van der Waals surface area contributed by atoms with Gasteiger partial charge in [0, 0.05) is 30.5 Å². The van der Waals surface area contributed by atoms with Crippen LogP contribution in [0.2, 0.25) is 0 Å². The lowest BCUT2D eigenvalue weighted by molar-refractivity contribution is 0.659. The van der Waals surface area contributed by atoms with Crippen LogP contribution in [0, 0.1) is 0 Å². The number of nitrogens with one attached hydrogen (secondary N) is 1. The summed E-state index contributed by atoms with van der Waals surface area (Å²) in [6.45, 7) is 6.01. The highest BCUT2D eigenvalue weighted by atomic mass is 15.3. The van der Waals surface area contributed by atoms with E-state index in [-0.39, 0.29) is 0 Å². The summed E-state index contributed by atoms with van der Waals surface area (Å²) in [6, 6.07) is 8.59. The Balaban J connectivity index is 1.92. The monoisotopic (exact) mass is 229 g/mol. The molecular weight excluding hydrogens is 210 g/mol. The number of anilines is 1. The van der Waals surface area contributed by atoms with Crippen molar-refractivity contribution in [3.05, 3.63) is 47.8 Å². The molecule has 90 valence electrons. The van der Waals surface area contributed by atoms with Gasteiger partial charge >= 0.3 is 0 Å². The maximum atomic E-state index is 4.25. The van der Waals surface area contributed by atoms with Crippen LogP contribution in [0.1, 0.15) is 25.0 Å². The summed E-state index contributed by atoms with van der Waals surface area (Å²) in [5.41, 5.74) is 3.74. The molecule has 0 spiro atoms. The van der Waals surface area contributed by atoms with E-state index in [1.165, 1.54) is 11.1 Å². The molecule has 0 aliphatic carbocycles. The van der Waals surface area contributed by atoms with Crippen LogP contribution in [-0.2, 0) is 19.5 Å². The van der Waals surface area contributed by atoms with Gasteiger partial charge in [0.2, 0.25) is 0 Å². The number of hydrogen-bond acceptors (Lipinski definition) is 2. The van der Waals surface area contributed by atoms with Crippen molar-refractivity contribution in [2.24, 2.45) is 0 Å². The summed E-state index contributed by atoms with van der Waals surface area (Å²) in [5.74, 6) is 0. The minimum Gasteiger partial charge on any atom is -0.381 e. The Morgan fingerprint density at radius 1 is 1.12 bits per heavy atom. The molecule has 3 nitrogen and oxygen atoms in total. The molecule has 0 radical (unpaired) electrons. The molecule has 17 heavy (non-hydrogen) atoms. The Morgan fingerprint density at radius 2 is 1.88 bits per heavy atom. The molecule has 1 aromatic carbocycles. The van der Waals surface area contributed by atoms with Crippen LogP contribution in [0.15, 0.2) is 36.7 Å². The second kappa shape index (κ2) is 5.53. The lowest BCUT2D eigenvalue weighted by atomic mass is 10.1. The molecule has 0 aliphatic rings. The quantitative estimate of drug-likeness (QED) is 0.854. The SMILES string of the molecule is CCc1ccc(NCc2cnn(CC)c2)cc1.